The normalized spacial score (nSPS) is 11.5. The molecule has 3 aromatic rings. The maximum atomic E-state index is 12.4. The Balaban J connectivity index is 1.90. The van der Waals surface area contributed by atoms with Crippen molar-refractivity contribution < 1.29 is 13.2 Å². The molecule has 2 aromatic carbocycles. The van der Waals surface area contributed by atoms with Gasteiger partial charge in [-0.05, 0) is 17.7 Å². The molecule has 0 bridgehead atoms. The van der Waals surface area contributed by atoms with Gasteiger partial charge in [-0.1, -0.05) is 59.5 Å². The van der Waals surface area contributed by atoms with Gasteiger partial charge in [0.1, 0.15) is 6.54 Å². The fourth-order valence-corrected chi connectivity index (χ4v) is 4.49. The molecule has 1 heterocycles. The van der Waals surface area contributed by atoms with Gasteiger partial charge in [0, 0.05) is 5.39 Å². The van der Waals surface area contributed by atoms with E-state index in [1.54, 1.807) is 12.1 Å². The number of sulfonamides is 1. The number of aromatic nitrogens is 2. The Morgan fingerprint density at radius 3 is 2.62 bits per heavy atom. The molecular formula is C16H16N4O3S3. The second kappa shape index (κ2) is 7.60. The molecule has 0 fully saturated rings. The van der Waals surface area contributed by atoms with Crippen molar-refractivity contribution in [3.05, 3.63) is 42.5 Å². The van der Waals surface area contributed by atoms with Crippen molar-refractivity contribution in [1.29, 1.82) is 0 Å². The molecule has 0 saturated carbocycles. The van der Waals surface area contributed by atoms with Crippen LogP contribution in [0.1, 0.15) is 0 Å². The quantitative estimate of drug-likeness (QED) is 0.498. The van der Waals surface area contributed by atoms with Crippen LogP contribution in [0.15, 0.2) is 46.8 Å². The zero-order valence-corrected chi connectivity index (χ0v) is 16.5. The van der Waals surface area contributed by atoms with Crippen molar-refractivity contribution in [2.24, 2.45) is 0 Å². The first-order chi connectivity index (χ1) is 12.4. The van der Waals surface area contributed by atoms with Crippen molar-refractivity contribution in [2.75, 3.05) is 28.7 Å². The molecule has 7 nitrogen and oxygen atoms in total. The highest BCUT2D eigenvalue weighted by molar-refractivity contribution is 8.00. The minimum Gasteiger partial charge on any atom is -0.299 e. The molecule has 0 aliphatic rings. The van der Waals surface area contributed by atoms with E-state index in [2.05, 4.69) is 15.5 Å². The van der Waals surface area contributed by atoms with E-state index in [1.807, 2.05) is 36.6 Å². The highest BCUT2D eigenvalue weighted by atomic mass is 32.2. The zero-order chi connectivity index (χ0) is 18.7. The summed E-state index contributed by atoms with van der Waals surface area (Å²) in [5, 5.41) is 12.4. The van der Waals surface area contributed by atoms with Crippen molar-refractivity contribution in [3.63, 3.8) is 0 Å². The first-order valence-corrected chi connectivity index (χ1v) is 11.4. The number of anilines is 2. The van der Waals surface area contributed by atoms with Gasteiger partial charge in [0.2, 0.25) is 21.1 Å². The van der Waals surface area contributed by atoms with Crippen molar-refractivity contribution in [1.82, 2.24) is 10.2 Å². The van der Waals surface area contributed by atoms with Gasteiger partial charge in [0.05, 0.1) is 11.9 Å². The lowest BCUT2D eigenvalue weighted by molar-refractivity contribution is -0.114. The van der Waals surface area contributed by atoms with Gasteiger partial charge in [-0.2, -0.15) is 0 Å². The molecule has 0 unspecified atom stereocenters. The second-order valence-electron chi connectivity index (χ2n) is 5.39. The molecule has 0 aliphatic carbocycles. The minimum atomic E-state index is -3.66. The van der Waals surface area contributed by atoms with Crippen LogP contribution in [-0.4, -0.2) is 43.6 Å². The Bertz CT molecular complexity index is 1040. The van der Waals surface area contributed by atoms with E-state index in [0.29, 0.717) is 15.2 Å². The molecular weight excluding hydrogens is 392 g/mol. The number of fused-ring (bicyclic) bond motifs is 1. The Hall–Kier alpha value is -2.17. The summed E-state index contributed by atoms with van der Waals surface area (Å²) < 4.78 is 26.5. The van der Waals surface area contributed by atoms with E-state index in [4.69, 9.17) is 0 Å². The number of carbonyl (C=O) groups excluding carboxylic acids is 1. The maximum Gasteiger partial charge on any atom is 0.246 e. The first-order valence-electron chi connectivity index (χ1n) is 7.51. The van der Waals surface area contributed by atoms with Gasteiger partial charge in [-0.25, -0.2) is 8.42 Å². The van der Waals surface area contributed by atoms with Crippen LogP contribution in [0.4, 0.5) is 10.8 Å². The highest BCUT2D eigenvalue weighted by Gasteiger charge is 2.23. The third-order valence-electron chi connectivity index (χ3n) is 3.55. The fourth-order valence-electron chi connectivity index (χ4n) is 2.44. The second-order valence-corrected chi connectivity index (χ2v) is 9.33. The molecule has 136 valence electrons. The third kappa shape index (κ3) is 4.14. The topological polar surface area (TPSA) is 92.3 Å². The Kier molecular flexibility index (Phi) is 5.44. The van der Waals surface area contributed by atoms with E-state index >= 15 is 0 Å². The largest absolute Gasteiger partial charge is 0.299 e. The standard InChI is InChI=1S/C16H16N4O3S3/c1-24-16-19-18-15(25-16)17-14(21)10-20(26(2,22)23)13-9-5-7-11-6-3-4-8-12(11)13/h3-9H,10H2,1-2H3,(H,17,18,21). The number of hydrogen-bond donors (Lipinski definition) is 1. The SMILES string of the molecule is CSc1nnc(NC(=O)CN(c2cccc3ccccc23)S(C)(=O)=O)s1. The molecule has 10 heteroatoms. The van der Waals surface area contributed by atoms with Gasteiger partial charge in [0.15, 0.2) is 4.34 Å². The monoisotopic (exact) mass is 408 g/mol. The summed E-state index contributed by atoms with van der Waals surface area (Å²) in [5.74, 6) is -0.479. The average molecular weight is 409 g/mol. The lowest BCUT2D eigenvalue weighted by Gasteiger charge is -2.23. The van der Waals surface area contributed by atoms with Crippen LogP contribution in [0.25, 0.3) is 10.8 Å². The van der Waals surface area contributed by atoms with Crippen molar-refractivity contribution in [3.8, 4) is 0 Å². The number of nitrogens with one attached hydrogen (secondary N) is 1. The average Bonchev–Trinajstić information content (AvgIpc) is 3.06. The molecule has 0 radical (unpaired) electrons. The van der Waals surface area contributed by atoms with Crippen LogP contribution in [0.5, 0.6) is 0 Å². The Morgan fingerprint density at radius 1 is 1.19 bits per heavy atom. The van der Waals surface area contributed by atoms with E-state index in [-0.39, 0.29) is 6.54 Å². The molecule has 0 spiro atoms. The number of carbonyl (C=O) groups is 1. The summed E-state index contributed by atoms with van der Waals surface area (Å²) in [7, 11) is -3.66. The maximum absolute atomic E-state index is 12.4. The zero-order valence-electron chi connectivity index (χ0n) is 14.0. The summed E-state index contributed by atoms with van der Waals surface area (Å²) in [4.78, 5) is 12.4. The fraction of sp³-hybridized carbons (Fsp3) is 0.188. The van der Waals surface area contributed by atoms with Gasteiger partial charge >= 0.3 is 0 Å². The number of benzene rings is 2. The van der Waals surface area contributed by atoms with E-state index in [1.165, 1.54) is 23.1 Å². The van der Waals surface area contributed by atoms with Gasteiger partial charge in [-0.3, -0.25) is 14.4 Å². The summed E-state index contributed by atoms with van der Waals surface area (Å²) >= 11 is 2.66. The lowest BCUT2D eigenvalue weighted by Crippen LogP contribution is -2.37. The predicted molar refractivity (Wildman–Crippen MR) is 106 cm³/mol. The molecule has 1 amide bonds. The summed E-state index contributed by atoms with van der Waals surface area (Å²) in [6.07, 6.45) is 2.94. The van der Waals surface area contributed by atoms with Crippen LogP contribution in [0.2, 0.25) is 0 Å². The number of nitrogens with zero attached hydrogens (tertiary/aromatic N) is 3. The molecule has 26 heavy (non-hydrogen) atoms. The molecule has 0 aliphatic heterocycles. The highest BCUT2D eigenvalue weighted by Crippen LogP contribution is 2.28. The smallest absolute Gasteiger partial charge is 0.246 e. The van der Waals surface area contributed by atoms with E-state index < -0.39 is 15.9 Å². The molecule has 1 N–H and O–H groups in total. The molecule has 3 rings (SSSR count). The van der Waals surface area contributed by atoms with Gasteiger partial charge in [-0.15, -0.1) is 10.2 Å². The minimum absolute atomic E-state index is 0.339. The van der Waals surface area contributed by atoms with Crippen LogP contribution >= 0.6 is 23.1 Å². The first kappa shape index (κ1) is 18.6. The van der Waals surface area contributed by atoms with Crippen LogP contribution < -0.4 is 9.62 Å². The number of amides is 1. The van der Waals surface area contributed by atoms with Gasteiger partial charge in [0.25, 0.3) is 0 Å². The Morgan fingerprint density at radius 2 is 1.92 bits per heavy atom. The lowest BCUT2D eigenvalue weighted by atomic mass is 10.1. The van der Waals surface area contributed by atoms with E-state index in [0.717, 1.165) is 21.3 Å². The number of hydrogen-bond acceptors (Lipinski definition) is 7. The summed E-state index contributed by atoms with van der Waals surface area (Å²) in [6, 6.07) is 12.8. The number of thioether (sulfide) groups is 1. The third-order valence-corrected chi connectivity index (χ3v) is 6.49. The van der Waals surface area contributed by atoms with Crippen LogP contribution in [0, 0.1) is 0 Å². The molecule has 1 aromatic heterocycles. The summed E-state index contributed by atoms with van der Waals surface area (Å²) in [6.45, 7) is -0.346. The van der Waals surface area contributed by atoms with Gasteiger partial charge < -0.3 is 0 Å². The predicted octanol–water partition coefficient (Wildman–Crippen LogP) is 2.82. The Labute approximate surface area is 159 Å². The number of rotatable bonds is 6. The van der Waals surface area contributed by atoms with Crippen molar-refractivity contribution in [2.45, 2.75) is 4.34 Å². The van der Waals surface area contributed by atoms with Crippen LogP contribution in [-0.2, 0) is 14.8 Å². The molecule has 0 atom stereocenters. The van der Waals surface area contributed by atoms with E-state index in [9.17, 15) is 13.2 Å². The van der Waals surface area contributed by atoms with Crippen molar-refractivity contribution >= 4 is 60.6 Å². The summed E-state index contributed by atoms with van der Waals surface area (Å²) in [5.41, 5.74) is 0.461. The van der Waals surface area contributed by atoms with Crippen LogP contribution in [0.3, 0.4) is 0 Å². The molecule has 0 saturated heterocycles.